The first-order valence-electron chi connectivity index (χ1n) is 12.3. The topological polar surface area (TPSA) is 90.0 Å². The molecule has 7 heteroatoms. The van der Waals surface area contributed by atoms with Gasteiger partial charge in [-0.05, 0) is 60.8 Å². The van der Waals surface area contributed by atoms with Gasteiger partial charge < -0.3 is 9.47 Å². The van der Waals surface area contributed by atoms with Crippen LogP contribution in [0, 0.1) is 35.5 Å². The molecule has 1 heterocycles. The number of carbonyl (C=O) groups excluding carboxylic acids is 4. The first-order chi connectivity index (χ1) is 16.4. The molecule has 1 saturated heterocycles. The summed E-state index contributed by atoms with van der Waals surface area (Å²) >= 11 is 0. The van der Waals surface area contributed by atoms with Crippen LogP contribution in [-0.4, -0.2) is 48.2 Å². The van der Waals surface area contributed by atoms with Crippen LogP contribution in [0.3, 0.4) is 0 Å². The van der Waals surface area contributed by atoms with Crippen molar-refractivity contribution < 1.29 is 28.7 Å². The molecule has 4 aliphatic carbocycles. The summed E-state index contributed by atoms with van der Waals surface area (Å²) in [4.78, 5) is 53.4. The zero-order valence-corrected chi connectivity index (χ0v) is 19.6. The largest absolute Gasteiger partial charge is 0.497 e. The lowest BCUT2D eigenvalue weighted by molar-refractivity contribution is -0.148. The molecule has 6 rings (SSSR count). The summed E-state index contributed by atoms with van der Waals surface area (Å²) in [6.07, 6.45) is 7.58. The Balaban J connectivity index is 1.24. The highest BCUT2D eigenvalue weighted by atomic mass is 16.5. The van der Waals surface area contributed by atoms with E-state index in [0.29, 0.717) is 29.6 Å². The second kappa shape index (κ2) is 9.01. The predicted molar refractivity (Wildman–Crippen MR) is 123 cm³/mol. The molecule has 34 heavy (non-hydrogen) atoms. The minimum atomic E-state index is -0.567. The van der Waals surface area contributed by atoms with Crippen LogP contribution < -0.4 is 4.74 Å². The highest BCUT2D eigenvalue weighted by Crippen LogP contribution is 2.65. The van der Waals surface area contributed by atoms with Gasteiger partial charge in [-0.15, -0.1) is 0 Å². The summed E-state index contributed by atoms with van der Waals surface area (Å²) in [6.45, 7) is 1.66. The van der Waals surface area contributed by atoms with E-state index in [2.05, 4.69) is 12.2 Å². The van der Waals surface area contributed by atoms with Crippen molar-refractivity contribution in [1.82, 2.24) is 4.90 Å². The highest BCUT2D eigenvalue weighted by Gasteiger charge is 2.67. The Kier molecular flexibility index (Phi) is 6.04. The maximum absolute atomic E-state index is 13.4. The van der Waals surface area contributed by atoms with Gasteiger partial charge in [-0.2, -0.15) is 0 Å². The van der Waals surface area contributed by atoms with Crippen LogP contribution in [0.15, 0.2) is 36.4 Å². The third-order valence-electron chi connectivity index (χ3n) is 8.13. The van der Waals surface area contributed by atoms with Crippen molar-refractivity contribution in [2.75, 3.05) is 13.7 Å². The summed E-state index contributed by atoms with van der Waals surface area (Å²) in [6, 6.07) is 6.06. The molecular weight excluding hydrogens is 434 g/mol. The predicted octanol–water partition coefficient (Wildman–Crippen LogP) is 3.42. The molecule has 7 nitrogen and oxygen atoms in total. The van der Waals surface area contributed by atoms with Crippen molar-refractivity contribution in [1.29, 1.82) is 0 Å². The number of likely N-dealkylation sites (tertiary alicyclic amines) is 1. The number of imide groups is 1. The number of Topliss-reactive ketones (excluding diaryl/α,β-unsaturated/α-hetero) is 1. The number of unbranched alkanes of at least 4 members (excludes halogenated alkanes) is 1. The number of ether oxygens (including phenoxy) is 2. The van der Waals surface area contributed by atoms with Crippen molar-refractivity contribution >= 4 is 23.6 Å². The smallest absolute Gasteiger partial charge is 0.308 e. The average molecular weight is 466 g/mol. The number of rotatable bonds is 10. The molecule has 2 saturated carbocycles. The Morgan fingerprint density at radius 2 is 1.65 bits per heavy atom. The van der Waals surface area contributed by atoms with E-state index in [-0.39, 0.29) is 54.3 Å². The maximum atomic E-state index is 13.4. The molecule has 0 aromatic heterocycles. The molecule has 1 aliphatic heterocycles. The fraction of sp³-hybridized carbons (Fsp3) is 0.556. The van der Waals surface area contributed by atoms with Gasteiger partial charge >= 0.3 is 5.97 Å². The van der Waals surface area contributed by atoms with Crippen molar-refractivity contribution in [2.45, 2.75) is 45.1 Å². The van der Waals surface area contributed by atoms with Gasteiger partial charge in [0.15, 0.2) is 12.4 Å². The molecule has 1 aromatic rings. The van der Waals surface area contributed by atoms with Crippen molar-refractivity contribution in [3.05, 3.63) is 42.0 Å². The van der Waals surface area contributed by atoms with E-state index in [1.165, 1.54) is 4.90 Å². The number of methoxy groups -OCH3 is 1. The fourth-order valence-electron chi connectivity index (χ4n) is 6.36. The minimum Gasteiger partial charge on any atom is -0.497 e. The van der Waals surface area contributed by atoms with E-state index in [0.717, 1.165) is 19.3 Å². The number of hydrogen-bond acceptors (Lipinski definition) is 6. The number of amides is 2. The van der Waals surface area contributed by atoms with Gasteiger partial charge in [0.2, 0.25) is 11.8 Å². The van der Waals surface area contributed by atoms with Crippen LogP contribution in [0.4, 0.5) is 0 Å². The number of ketones is 1. The summed E-state index contributed by atoms with van der Waals surface area (Å²) < 4.78 is 10.4. The van der Waals surface area contributed by atoms with Crippen LogP contribution >= 0.6 is 0 Å². The van der Waals surface area contributed by atoms with E-state index in [1.807, 2.05) is 6.92 Å². The Labute approximate surface area is 199 Å². The second-order valence-corrected chi connectivity index (χ2v) is 10.0. The maximum Gasteiger partial charge on any atom is 0.308 e. The van der Waals surface area contributed by atoms with Gasteiger partial charge in [0.25, 0.3) is 0 Å². The number of nitrogens with zero attached hydrogens (tertiary/aromatic N) is 1. The molecule has 5 aliphatic rings. The van der Waals surface area contributed by atoms with E-state index >= 15 is 0 Å². The van der Waals surface area contributed by atoms with Crippen molar-refractivity contribution in [3.63, 3.8) is 0 Å². The van der Waals surface area contributed by atoms with Gasteiger partial charge in [0, 0.05) is 5.56 Å². The number of hydrogen-bond donors (Lipinski definition) is 0. The Morgan fingerprint density at radius 3 is 2.21 bits per heavy atom. The van der Waals surface area contributed by atoms with E-state index in [4.69, 9.17) is 9.47 Å². The Hall–Kier alpha value is -2.96. The number of carbonyl (C=O) groups is 4. The molecule has 0 spiro atoms. The van der Waals surface area contributed by atoms with Gasteiger partial charge in [0.1, 0.15) is 5.75 Å². The highest BCUT2D eigenvalue weighted by molar-refractivity contribution is 6.07. The van der Waals surface area contributed by atoms with Gasteiger partial charge in [-0.3, -0.25) is 24.1 Å². The number of allylic oxidation sites excluding steroid dienone is 2. The third kappa shape index (κ3) is 3.85. The van der Waals surface area contributed by atoms with Gasteiger partial charge in [-0.25, -0.2) is 0 Å². The molecule has 2 bridgehead atoms. The van der Waals surface area contributed by atoms with E-state index in [1.54, 1.807) is 31.4 Å². The molecule has 1 aromatic carbocycles. The van der Waals surface area contributed by atoms with E-state index < -0.39 is 12.0 Å². The van der Waals surface area contributed by atoms with Crippen LogP contribution in [0.1, 0.15) is 49.4 Å². The van der Waals surface area contributed by atoms with Crippen LogP contribution in [-0.2, 0) is 19.1 Å². The zero-order chi connectivity index (χ0) is 24.0. The molecule has 0 radical (unpaired) electrons. The van der Waals surface area contributed by atoms with E-state index in [9.17, 15) is 19.2 Å². The van der Waals surface area contributed by atoms with Crippen molar-refractivity contribution in [3.8, 4) is 5.75 Å². The Morgan fingerprint density at radius 1 is 1.03 bits per heavy atom. The molecule has 7 atom stereocenters. The standard InChI is InChI=1S/C27H31NO6/c1-3-4-5-16(12-23(30)34-14-22(29)15-6-8-17(33-2)9-7-15)28-26(31)24-18-10-11-19(21-13-20(18)21)25(24)27(28)32/h6-11,16,18-21,24-25H,3-5,12-14H2,1-2H3/t16-,18+,19+,20+,21+,24-,25-/m1/s1. The van der Waals surface area contributed by atoms with Gasteiger partial charge in [-0.1, -0.05) is 31.9 Å². The SMILES string of the molecule is CCCC[C@H](CC(=O)OCC(=O)c1ccc(OC)cc1)N1C(=O)[C@@H]2[C@H]3C=C[C@@H]([C@@H]4C[C@@H]34)[C@H]2C1=O. The molecule has 2 amide bonds. The first-order valence-corrected chi connectivity index (χ1v) is 12.3. The number of esters is 1. The monoisotopic (exact) mass is 465 g/mol. The van der Waals surface area contributed by atoms with Crippen LogP contribution in [0.2, 0.25) is 0 Å². The average Bonchev–Trinajstić information content (AvgIpc) is 3.63. The molecule has 0 N–H and O–H groups in total. The molecule has 180 valence electrons. The summed E-state index contributed by atoms with van der Waals surface area (Å²) in [5, 5.41) is 0. The summed E-state index contributed by atoms with van der Waals surface area (Å²) in [5.74, 6) is 0.340. The number of benzene rings is 1. The Bertz CT molecular complexity index is 994. The van der Waals surface area contributed by atoms with Crippen molar-refractivity contribution in [2.24, 2.45) is 35.5 Å². The third-order valence-corrected chi connectivity index (χ3v) is 8.13. The van der Waals surface area contributed by atoms with Gasteiger partial charge in [0.05, 0.1) is 31.4 Å². The quantitative estimate of drug-likeness (QED) is 0.228. The fourth-order valence-corrected chi connectivity index (χ4v) is 6.36. The lowest BCUT2D eigenvalue weighted by Crippen LogP contribution is -2.42. The second-order valence-electron chi connectivity index (χ2n) is 10.0. The molecular formula is C27H31NO6. The molecule has 3 fully saturated rings. The summed E-state index contributed by atoms with van der Waals surface area (Å²) in [5.41, 5.74) is 0.423. The lowest BCUT2D eigenvalue weighted by Gasteiger charge is -2.37. The first kappa shape index (κ1) is 22.8. The lowest BCUT2D eigenvalue weighted by atomic mass is 9.63. The zero-order valence-electron chi connectivity index (χ0n) is 19.6. The molecule has 0 unspecified atom stereocenters. The minimum absolute atomic E-state index is 0.0809. The van der Waals surface area contributed by atoms with Crippen LogP contribution in [0.25, 0.3) is 0 Å². The van der Waals surface area contributed by atoms with Crippen LogP contribution in [0.5, 0.6) is 5.75 Å². The summed E-state index contributed by atoms with van der Waals surface area (Å²) in [7, 11) is 1.54. The normalized spacial score (nSPS) is 31.2.